The van der Waals surface area contributed by atoms with Gasteiger partial charge in [0.25, 0.3) is 0 Å². The zero-order valence-electron chi connectivity index (χ0n) is 8.33. The van der Waals surface area contributed by atoms with Gasteiger partial charge in [0.1, 0.15) is 11.5 Å². The van der Waals surface area contributed by atoms with Crippen molar-refractivity contribution in [1.29, 1.82) is 0 Å². The molecule has 0 aliphatic rings. The molecule has 15 heavy (non-hydrogen) atoms. The SMILES string of the molecule is Cc1ccc[c]c1Oc1ccc(Cl)cc1. The number of hydrogen-bond donors (Lipinski definition) is 0. The van der Waals surface area contributed by atoms with Crippen molar-refractivity contribution in [2.45, 2.75) is 6.92 Å². The molecule has 1 nitrogen and oxygen atoms in total. The fraction of sp³-hybridized carbons (Fsp3) is 0.0769. The van der Waals surface area contributed by atoms with Crippen molar-refractivity contribution in [3.63, 3.8) is 0 Å². The monoisotopic (exact) mass is 217 g/mol. The molecule has 0 saturated heterocycles. The molecule has 0 atom stereocenters. The molecule has 1 radical (unpaired) electrons. The predicted molar refractivity (Wildman–Crippen MR) is 61.5 cm³/mol. The zero-order valence-corrected chi connectivity index (χ0v) is 9.08. The Kier molecular flexibility index (Phi) is 2.93. The van der Waals surface area contributed by atoms with Gasteiger partial charge >= 0.3 is 0 Å². The second kappa shape index (κ2) is 4.37. The molecule has 75 valence electrons. The van der Waals surface area contributed by atoms with E-state index < -0.39 is 0 Å². The summed E-state index contributed by atoms with van der Waals surface area (Å²) in [4.78, 5) is 0. The molecule has 2 rings (SSSR count). The summed E-state index contributed by atoms with van der Waals surface area (Å²) in [7, 11) is 0. The van der Waals surface area contributed by atoms with Gasteiger partial charge in [0.2, 0.25) is 0 Å². The van der Waals surface area contributed by atoms with E-state index in [0.29, 0.717) is 5.02 Å². The van der Waals surface area contributed by atoms with Crippen LogP contribution in [0.2, 0.25) is 5.02 Å². The van der Waals surface area contributed by atoms with Gasteiger partial charge in [-0.15, -0.1) is 0 Å². The first-order valence-corrected chi connectivity index (χ1v) is 5.04. The summed E-state index contributed by atoms with van der Waals surface area (Å²) in [6.07, 6.45) is 0. The first-order chi connectivity index (χ1) is 7.25. The third kappa shape index (κ3) is 2.51. The maximum Gasteiger partial charge on any atom is 0.138 e. The minimum atomic E-state index is 0.705. The molecule has 0 unspecified atom stereocenters. The van der Waals surface area contributed by atoms with Crippen LogP contribution in [0.15, 0.2) is 42.5 Å². The highest BCUT2D eigenvalue weighted by atomic mass is 35.5. The van der Waals surface area contributed by atoms with Crippen molar-refractivity contribution >= 4 is 11.6 Å². The third-order valence-electron chi connectivity index (χ3n) is 2.05. The van der Waals surface area contributed by atoms with E-state index in [2.05, 4.69) is 6.07 Å². The van der Waals surface area contributed by atoms with Gasteiger partial charge in [-0.05, 0) is 36.8 Å². The van der Waals surface area contributed by atoms with Crippen molar-refractivity contribution in [3.8, 4) is 11.5 Å². The average molecular weight is 218 g/mol. The van der Waals surface area contributed by atoms with Crippen LogP contribution in [0.3, 0.4) is 0 Å². The largest absolute Gasteiger partial charge is 0.456 e. The first-order valence-electron chi connectivity index (χ1n) is 4.66. The lowest BCUT2D eigenvalue weighted by Gasteiger charge is -2.07. The molecule has 0 amide bonds. The Morgan fingerprint density at radius 1 is 1.13 bits per heavy atom. The van der Waals surface area contributed by atoms with Crippen LogP contribution < -0.4 is 4.74 Å². The standard InChI is InChI=1S/C13H10ClO/c1-10-4-2-3-5-13(10)15-12-8-6-11(14)7-9-12/h2-4,6-9H,1H3. The molecule has 2 heteroatoms. The molecule has 0 aliphatic carbocycles. The van der Waals surface area contributed by atoms with Crippen molar-refractivity contribution in [3.05, 3.63) is 59.1 Å². The van der Waals surface area contributed by atoms with Crippen LogP contribution in [0.5, 0.6) is 11.5 Å². The van der Waals surface area contributed by atoms with Crippen LogP contribution in [0.4, 0.5) is 0 Å². The van der Waals surface area contributed by atoms with Gasteiger partial charge in [0, 0.05) is 11.1 Å². The fourth-order valence-corrected chi connectivity index (χ4v) is 1.36. The lowest BCUT2D eigenvalue weighted by molar-refractivity contribution is 0.478. The Morgan fingerprint density at radius 2 is 1.87 bits per heavy atom. The molecule has 0 N–H and O–H groups in total. The Bertz CT molecular complexity index is 448. The molecule has 2 aromatic rings. The highest BCUT2D eigenvalue weighted by Crippen LogP contribution is 2.24. The van der Waals surface area contributed by atoms with E-state index in [-0.39, 0.29) is 0 Å². The predicted octanol–water partition coefficient (Wildman–Crippen LogP) is 4.24. The molecule has 0 spiro atoms. The summed E-state index contributed by atoms with van der Waals surface area (Å²) in [5.74, 6) is 1.52. The number of benzene rings is 2. The average Bonchev–Trinajstić information content (AvgIpc) is 2.25. The van der Waals surface area contributed by atoms with Gasteiger partial charge in [0.05, 0.1) is 0 Å². The third-order valence-corrected chi connectivity index (χ3v) is 2.30. The highest BCUT2D eigenvalue weighted by Gasteiger charge is 1.99. The van der Waals surface area contributed by atoms with Gasteiger partial charge < -0.3 is 4.74 Å². The lowest BCUT2D eigenvalue weighted by Crippen LogP contribution is -1.86. The van der Waals surface area contributed by atoms with Crippen LogP contribution in [0, 0.1) is 13.0 Å². The van der Waals surface area contributed by atoms with Gasteiger partial charge in [-0.25, -0.2) is 0 Å². The maximum atomic E-state index is 5.78. The van der Waals surface area contributed by atoms with Crippen LogP contribution in [0.25, 0.3) is 0 Å². The van der Waals surface area contributed by atoms with E-state index in [0.717, 1.165) is 17.1 Å². The topological polar surface area (TPSA) is 9.23 Å². The second-order valence-corrected chi connectivity index (χ2v) is 3.67. The minimum absolute atomic E-state index is 0.705. The van der Waals surface area contributed by atoms with Gasteiger partial charge in [-0.1, -0.05) is 29.8 Å². The molecule has 0 fully saturated rings. The Hall–Kier alpha value is -1.47. The highest BCUT2D eigenvalue weighted by molar-refractivity contribution is 6.30. The van der Waals surface area contributed by atoms with Crippen molar-refractivity contribution in [2.24, 2.45) is 0 Å². The summed E-state index contributed by atoms with van der Waals surface area (Å²) in [6.45, 7) is 1.99. The van der Waals surface area contributed by atoms with E-state index in [1.807, 2.05) is 37.3 Å². The van der Waals surface area contributed by atoms with Gasteiger partial charge in [0.15, 0.2) is 0 Å². The molecular weight excluding hydrogens is 208 g/mol. The number of hydrogen-bond acceptors (Lipinski definition) is 1. The number of ether oxygens (including phenoxy) is 1. The summed E-state index contributed by atoms with van der Waals surface area (Å²) >= 11 is 5.78. The van der Waals surface area contributed by atoms with Crippen LogP contribution in [-0.2, 0) is 0 Å². The van der Waals surface area contributed by atoms with Gasteiger partial charge in [-0.3, -0.25) is 0 Å². The first kappa shape index (κ1) is 10.1. The van der Waals surface area contributed by atoms with Crippen LogP contribution >= 0.6 is 11.6 Å². The molecule has 0 heterocycles. The molecule has 0 bridgehead atoms. The van der Waals surface area contributed by atoms with Gasteiger partial charge in [-0.2, -0.15) is 0 Å². The second-order valence-electron chi connectivity index (χ2n) is 3.24. The van der Waals surface area contributed by atoms with Crippen LogP contribution in [0.1, 0.15) is 5.56 Å². The van der Waals surface area contributed by atoms with Crippen molar-refractivity contribution in [1.82, 2.24) is 0 Å². The Balaban J connectivity index is 2.22. The van der Waals surface area contributed by atoms with E-state index in [9.17, 15) is 0 Å². The van der Waals surface area contributed by atoms with Crippen molar-refractivity contribution in [2.75, 3.05) is 0 Å². The van der Waals surface area contributed by atoms with E-state index >= 15 is 0 Å². The molecule has 0 aromatic heterocycles. The number of aryl methyl sites for hydroxylation is 1. The number of rotatable bonds is 2. The zero-order chi connectivity index (χ0) is 10.7. The number of halogens is 1. The minimum Gasteiger partial charge on any atom is -0.456 e. The molecular formula is C13H10ClO. The van der Waals surface area contributed by atoms with E-state index in [1.54, 1.807) is 12.1 Å². The molecule has 0 saturated carbocycles. The molecule has 0 aliphatic heterocycles. The van der Waals surface area contributed by atoms with Crippen molar-refractivity contribution < 1.29 is 4.74 Å². The van der Waals surface area contributed by atoms with Crippen LogP contribution in [-0.4, -0.2) is 0 Å². The number of para-hydroxylation sites is 1. The normalized spacial score (nSPS) is 10.0. The lowest BCUT2D eigenvalue weighted by atomic mass is 10.2. The summed E-state index contributed by atoms with van der Waals surface area (Å²) in [5, 5.41) is 0.705. The van der Waals surface area contributed by atoms with E-state index in [1.165, 1.54) is 0 Å². The fourth-order valence-electron chi connectivity index (χ4n) is 1.24. The summed E-state index contributed by atoms with van der Waals surface area (Å²) in [6, 6.07) is 16.1. The maximum absolute atomic E-state index is 5.78. The summed E-state index contributed by atoms with van der Waals surface area (Å²) < 4.78 is 5.65. The Morgan fingerprint density at radius 3 is 2.53 bits per heavy atom. The molecule has 2 aromatic carbocycles. The smallest absolute Gasteiger partial charge is 0.138 e. The quantitative estimate of drug-likeness (QED) is 0.731. The van der Waals surface area contributed by atoms with E-state index in [4.69, 9.17) is 16.3 Å². The summed E-state index contributed by atoms with van der Waals surface area (Å²) in [5.41, 5.74) is 1.06. The Labute approximate surface area is 94.3 Å².